The molecular weight excluding hydrogens is 311 g/mol. The number of rotatable bonds is 5. The lowest BCUT2D eigenvalue weighted by Gasteiger charge is -2.15. The van der Waals surface area contributed by atoms with Gasteiger partial charge in [-0.05, 0) is 19.2 Å². The van der Waals surface area contributed by atoms with Gasteiger partial charge in [-0.1, -0.05) is 29.3 Å². The van der Waals surface area contributed by atoms with E-state index in [0.29, 0.717) is 22.3 Å². The fourth-order valence-corrected chi connectivity index (χ4v) is 2.30. The van der Waals surface area contributed by atoms with Gasteiger partial charge in [0, 0.05) is 25.4 Å². The van der Waals surface area contributed by atoms with Crippen LogP contribution in [0.4, 0.5) is 5.69 Å². The maximum atomic E-state index is 12.0. The minimum Gasteiger partial charge on any atom is -0.324 e. The van der Waals surface area contributed by atoms with Gasteiger partial charge >= 0.3 is 0 Å². The van der Waals surface area contributed by atoms with E-state index in [1.54, 1.807) is 29.1 Å². The number of likely N-dealkylation sites (N-methyl/N-ethyl adjacent to an activating group) is 1. The molecule has 0 fully saturated rings. The molecule has 0 saturated heterocycles. The van der Waals surface area contributed by atoms with E-state index in [0.717, 1.165) is 5.56 Å². The molecule has 1 amide bonds. The molecule has 1 N–H and O–H groups in total. The lowest BCUT2D eigenvalue weighted by atomic mass is 10.3. The van der Waals surface area contributed by atoms with Crippen molar-refractivity contribution in [2.75, 3.05) is 18.9 Å². The predicted octanol–water partition coefficient (Wildman–Crippen LogP) is 2.80. The second-order valence-electron chi connectivity index (χ2n) is 4.84. The summed E-state index contributed by atoms with van der Waals surface area (Å²) in [4.78, 5) is 13.9. The molecule has 0 aliphatic heterocycles. The highest BCUT2D eigenvalue weighted by Gasteiger charge is 2.11. The number of hydrogen-bond acceptors (Lipinski definition) is 3. The summed E-state index contributed by atoms with van der Waals surface area (Å²) in [5, 5.41) is 7.61. The second-order valence-corrected chi connectivity index (χ2v) is 5.63. The summed E-state index contributed by atoms with van der Waals surface area (Å²) >= 11 is 11.9. The highest BCUT2D eigenvalue weighted by atomic mass is 35.5. The average molecular weight is 327 g/mol. The van der Waals surface area contributed by atoms with E-state index < -0.39 is 0 Å². The van der Waals surface area contributed by atoms with E-state index in [-0.39, 0.29) is 12.5 Å². The number of carbonyl (C=O) groups is 1. The van der Waals surface area contributed by atoms with Gasteiger partial charge in [0.25, 0.3) is 0 Å². The summed E-state index contributed by atoms with van der Waals surface area (Å²) in [6.45, 7) is 0.891. The van der Waals surface area contributed by atoms with Gasteiger partial charge in [0.05, 0.1) is 28.5 Å². The van der Waals surface area contributed by atoms with Crippen molar-refractivity contribution in [1.82, 2.24) is 14.7 Å². The third-order valence-electron chi connectivity index (χ3n) is 2.85. The summed E-state index contributed by atoms with van der Waals surface area (Å²) in [6.07, 6.45) is 3.70. The molecule has 21 heavy (non-hydrogen) atoms. The molecule has 1 aromatic carbocycles. The van der Waals surface area contributed by atoms with Crippen LogP contribution in [0.15, 0.2) is 30.6 Å². The molecule has 7 heteroatoms. The van der Waals surface area contributed by atoms with E-state index in [4.69, 9.17) is 23.2 Å². The van der Waals surface area contributed by atoms with Gasteiger partial charge in [0.2, 0.25) is 5.91 Å². The number of aromatic nitrogens is 2. The number of anilines is 1. The largest absolute Gasteiger partial charge is 0.324 e. The van der Waals surface area contributed by atoms with Crippen molar-refractivity contribution >= 4 is 34.8 Å². The lowest BCUT2D eigenvalue weighted by molar-refractivity contribution is -0.117. The summed E-state index contributed by atoms with van der Waals surface area (Å²) in [6, 6.07) is 5.13. The van der Waals surface area contributed by atoms with Crippen LogP contribution in [0.25, 0.3) is 0 Å². The first-order valence-corrected chi connectivity index (χ1v) is 7.11. The quantitative estimate of drug-likeness (QED) is 0.919. The lowest BCUT2D eigenvalue weighted by Crippen LogP contribution is -2.29. The number of nitrogens with zero attached hydrogens (tertiary/aromatic N) is 3. The van der Waals surface area contributed by atoms with Gasteiger partial charge < -0.3 is 5.32 Å². The molecular formula is C14H16Cl2N4O. The Bertz CT molecular complexity index is 642. The number of benzene rings is 1. The molecule has 5 nitrogen and oxygen atoms in total. The normalized spacial score (nSPS) is 10.9. The summed E-state index contributed by atoms with van der Waals surface area (Å²) < 4.78 is 1.73. The number of aryl methyl sites for hydroxylation is 1. The Kier molecular flexibility index (Phi) is 5.22. The van der Waals surface area contributed by atoms with Crippen molar-refractivity contribution in [2.24, 2.45) is 7.05 Å². The summed E-state index contributed by atoms with van der Waals surface area (Å²) in [7, 11) is 3.73. The fourth-order valence-electron chi connectivity index (χ4n) is 1.96. The van der Waals surface area contributed by atoms with Crippen molar-refractivity contribution in [3.63, 3.8) is 0 Å². The Balaban J connectivity index is 1.90. The maximum absolute atomic E-state index is 12.0. The molecule has 0 unspecified atom stereocenters. The molecule has 0 aliphatic carbocycles. The van der Waals surface area contributed by atoms with Crippen LogP contribution in [0.1, 0.15) is 5.56 Å². The molecule has 112 valence electrons. The fraction of sp³-hybridized carbons (Fsp3) is 0.286. The Labute approximate surface area is 133 Å². The maximum Gasteiger partial charge on any atom is 0.238 e. The molecule has 0 bridgehead atoms. The van der Waals surface area contributed by atoms with E-state index in [2.05, 4.69) is 10.4 Å². The van der Waals surface area contributed by atoms with Crippen LogP contribution in [0.2, 0.25) is 10.0 Å². The van der Waals surface area contributed by atoms with Gasteiger partial charge in [-0.3, -0.25) is 14.4 Å². The first-order valence-electron chi connectivity index (χ1n) is 6.35. The van der Waals surface area contributed by atoms with Crippen LogP contribution in [0.5, 0.6) is 0 Å². The van der Waals surface area contributed by atoms with E-state index in [9.17, 15) is 4.79 Å². The van der Waals surface area contributed by atoms with Crippen molar-refractivity contribution in [3.8, 4) is 0 Å². The molecule has 1 aromatic heterocycles. The number of carbonyl (C=O) groups excluding carboxylic acids is 1. The van der Waals surface area contributed by atoms with E-state index >= 15 is 0 Å². The van der Waals surface area contributed by atoms with Crippen LogP contribution >= 0.6 is 23.2 Å². The molecule has 0 saturated carbocycles. The SMILES string of the molecule is CN(CC(=O)Nc1cccc(Cl)c1Cl)Cc1cnn(C)c1. The minimum atomic E-state index is -0.148. The first-order chi connectivity index (χ1) is 9.95. The van der Waals surface area contributed by atoms with Crippen LogP contribution in [-0.2, 0) is 18.4 Å². The molecule has 0 atom stereocenters. The zero-order valence-electron chi connectivity index (χ0n) is 11.8. The van der Waals surface area contributed by atoms with Crippen molar-refractivity contribution in [2.45, 2.75) is 6.54 Å². The van der Waals surface area contributed by atoms with Gasteiger partial charge in [-0.2, -0.15) is 5.10 Å². The standard InChI is InChI=1S/C14H16Cl2N4O/c1-19(7-10-6-17-20(2)8-10)9-13(21)18-12-5-3-4-11(15)14(12)16/h3-6,8H,7,9H2,1-2H3,(H,18,21). The molecule has 0 radical (unpaired) electrons. The number of hydrogen-bond donors (Lipinski definition) is 1. The van der Waals surface area contributed by atoms with Gasteiger partial charge in [-0.25, -0.2) is 0 Å². The highest BCUT2D eigenvalue weighted by molar-refractivity contribution is 6.43. The van der Waals surface area contributed by atoms with Crippen LogP contribution < -0.4 is 5.32 Å². The smallest absolute Gasteiger partial charge is 0.238 e. The second kappa shape index (κ2) is 6.93. The average Bonchev–Trinajstić information content (AvgIpc) is 2.80. The topological polar surface area (TPSA) is 50.2 Å². The van der Waals surface area contributed by atoms with Gasteiger partial charge in [-0.15, -0.1) is 0 Å². The van der Waals surface area contributed by atoms with Crippen molar-refractivity contribution < 1.29 is 4.79 Å². The predicted molar refractivity (Wildman–Crippen MR) is 84.6 cm³/mol. The first kappa shape index (κ1) is 15.8. The summed E-state index contributed by atoms with van der Waals surface area (Å²) in [5.74, 6) is -0.148. The number of nitrogens with one attached hydrogen (secondary N) is 1. The molecule has 0 aliphatic rings. The van der Waals surface area contributed by atoms with Gasteiger partial charge in [0.15, 0.2) is 0 Å². The van der Waals surface area contributed by atoms with Crippen LogP contribution in [0, 0.1) is 0 Å². The Morgan fingerprint density at radius 2 is 2.19 bits per heavy atom. The van der Waals surface area contributed by atoms with Gasteiger partial charge in [0.1, 0.15) is 0 Å². The minimum absolute atomic E-state index is 0.148. The Morgan fingerprint density at radius 3 is 2.86 bits per heavy atom. The monoisotopic (exact) mass is 326 g/mol. The summed E-state index contributed by atoms with van der Waals surface area (Å²) in [5.41, 5.74) is 1.57. The third-order valence-corrected chi connectivity index (χ3v) is 3.67. The Morgan fingerprint density at radius 1 is 1.43 bits per heavy atom. The van der Waals surface area contributed by atoms with Crippen molar-refractivity contribution in [3.05, 3.63) is 46.2 Å². The highest BCUT2D eigenvalue weighted by Crippen LogP contribution is 2.29. The molecule has 1 heterocycles. The van der Waals surface area contributed by atoms with Crippen molar-refractivity contribution in [1.29, 1.82) is 0 Å². The molecule has 0 spiro atoms. The third kappa shape index (κ3) is 4.46. The zero-order valence-corrected chi connectivity index (χ0v) is 13.3. The van der Waals surface area contributed by atoms with E-state index in [1.807, 2.05) is 25.2 Å². The van der Waals surface area contributed by atoms with Crippen LogP contribution in [-0.4, -0.2) is 34.2 Å². The molecule has 2 aromatic rings. The number of amides is 1. The van der Waals surface area contributed by atoms with E-state index in [1.165, 1.54) is 0 Å². The zero-order chi connectivity index (χ0) is 15.4. The van der Waals surface area contributed by atoms with Crippen LogP contribution in [0.3, 0.4) is 0 Å². The molecule has 2 rings (SSSR count). The Hall–Kier alpha value is -1.56. The number of halogens is 2.